The number of hydrogen-bond donors (Lipinski definition) is 1. The Balaban J connectivity index is 0.00000243. The van der Waals surface area contributed by atoms with Crippen molar-refractivity contribution >= 4 is 41.3 Å². The summed E-state index contributed by atoms with van der Waals surface area (Å²) in [4.78, 5) is 8.32. The van der Waals surface area contributed by atoms with E-state index in [0.29, 0.717) is 5.92 Å². The predicted octanol–water partition coefficient (Wildman–Crippen LogP) is 3.52. The molecule has 0 bridgehead atoms. The normalized spacial score (nSPS) is 18.1. The number of guanidine groups is 1. The van der Waals surface area contributed by atoms with Crippen LogP contribution in [0, 0.1) is 5.92 Å². The summed E-state index contributed by atoms with van der Waals surface area (Å²) in [6, 6.07) is 4.34. The van der Waals surface area contributed by atoms with Crippen LogP contribution in [0.25, 0.3) is 0 Å². The van der Waals surface area contributed by atoms with Crippen LogP contribution in [0.3, 0.4) is 0 Å². The maximum absolute atomic E-state index is 4.52. The van der Waals surface area contributed by atoms with Gasteiger partial charge in [-0.25, -0.2) is 0 Å². The Hall–Kier alpha value is -1.09. The first kappa shape index (κ1) is 21.2. The minimum absolute atomic E-state index is 0. The van der Waals surface area contributed by atoms with Gasteiger partial charge in [0.05, 0.1) is 6.20 Å². The maximum Gasteiger partial charge on any atom is 0.193 e. The Bertz CT molecular complexity index is 707. The van der Waals surface area contributed by atoms with Gasteiger partial charge in [-0.3, -0.25) is 9.67 Å². The van der Waals surface area contributed by atoms with E-state index < -0.39 is 0 Å². The molecule has 1 saturated heterocycles. The molecule has 7 heteroatoms. The van der Waals surface area contributed by atoms with Crippen molar-refractivity contribution in [3.8, 4) is 0 Å². The van der Waals surface area contributed by atoms with E-state index in [9.17, 15) is 0 Å². The molecule has 5 nitrogen and oxygen atoms in total. The standard InChI is InChI=1S/C19H29N5S.HI/c1-19(2,17-6-5-9-25-17)14-21-18(20-3)24-8-7-15(13-24)10-16-11-22-23(4)12-16;/h5-6,9,11-12,15H,7-8,10,13-14H2,1-4H3,(H,20,21);1H. The first-order valence-corrected chi connectivity index (χ1v) is 9.83. The van der Waals surface area contributed by atoms with Gasteiger partial charge in [-0.15, -0.1) is 35.3 Å². The number of aryl methyl sites for hydroxylation is 1. The largest absolute Gasteiger partial charge is 0.355 e. The maximum atomic E-state index is 4.52. The zero-order valence-electron chi connectivity index (χ0n) is 16.1. The molecule has 1 unspecified atom stereocenters. The van der Waals surface area contributed by atoms with Gasteiger partial charge in [-0.05, 0) is 35.8 Å². The van der Waals surface area contributed by atoms with Gasteiger partial charge in [-0.1, -0.05) is 19.9 Å². The minimum atomic E-state index is 0. The smallest absolute Gasteiger partial charge is 0.193 e. The van der Waals surface area contributed by atoms with Crippen LogP contribution in [0.1, 0.15) is 30.7 Å². The number of rotatable bonds is 5. The van der Waals surface area contributed by atoms with E-state index in [-0.39, 0.29) is 29.4 Å². The summed E-state index contributed by atoms with van der Waals surface area (Å²) in [6.45, 7) is 7.60. The molecule has 26 heavy (non-hydrogen) atoms. The lowest BCUT2D eigenvalue weighted by atomic mass is 9.91. The predicted molar refractivity (Wildman–Crippen MR) is 121 cm³/mol. The molecule has 1 N–H and O–H groups in total. The Kier molecular flexibility index (Phi) is 7.52. The lowest BCUT2D eigenvalue weighted by Crippen LogP contribution is -2.44. The molecule has 144 valence electrons. The molecule has 1 atom stereocenters. The highest BCUT2D eigenvalue weighted by Gasteiger charge is 2.27. The highest BCUT2D eigenvalue weighted by Crippen LogP contribution is 2.27. The second kappa shape index (κ2) is 9.21. The summed E-state index contributed by atoms with van der Waals surface area (Å²) in [6.07, 6.45) is 6.42. The van der Waals surface area contributed by atoms with Gasteiger partial charge in [0, 0.05) is 50.2 Å². The van der Waals surface area contributed by atoms with Gasteiger partial charge in [0.15, 0.2) is 5.96 Å². The molecule has 0 saturated carbocycles. The van der Waals surface area contributed by atoms with Crippen molar-refractivity contribution in [1.29, 1.82) is 0 Å². The number of nitrogens with zero attached hydrogens (tertiary/aromatic N) is 4. The summed E-state index contributed by atoms with van der Waals surface area (Å²) in [5.74, 6) is 1.70. The van der Waals surface area contributed by atoms with Crippen LogP contribution in [-0.2, 0) is 18.9 Å². The van der Waals surface area contributed by atoms with E-state index in [1.807, 2.05) is 36.3 Å². The molecule has 0 amide bonds. The number of aliphatic imine (C=N–C) groups is 1. The fraction of sp³-hybridized carbons (Fsp3) is 0.579. The molecule has 0 aliphatic carbocycles. The number of aromatic nitrogens is 2. The highest BCUT2D eigenvalue weighted by atomic mass is 127. The summed E-state index contributed by atoms with van der Waals surface area (Å²) < 4.78 is 1.88. The topological polar surface area (TPSA) is 45.5 Å². The number of nitrogens with one attached hydrogen (secondary N) is 1. The Morgan fingerprint density at radius 3 is 2.88 bits per heavy atom. The Morgan fingerprint density at radius 1 is 1.46 bits per heavy atom. The van der Waals surface area contributed by atoms with Crippen LogP contribution in [0.5, 0.6) is 0 Å². The average molecular weight is 487 g/mol. The SMILES string of the molecule is CN=C(NCC(C)(C)c1cccs1)N1CCC(Cc2cnn(C)c2)C1.I. The summed E-state index contributed by atoms with van der Waals surface area (Å²) in [5.41, 5.74) is 1.44. The lowest BCUT2D eigenvalue weighted by molar-refractivity contribution is 0.442. The fourth-order valence-corrected chi connectivity index (χ4v) is 4.34. The van der Waals surface area contributed by atoms with Gasteiger partial charge in [-0.2, -0.15) is 5.10 Å². The molecule has 1 fully saturated rings. The van der Waals surface area contributed by atoms with Crippen LogP contribution in [0.4, 0.5) is 0 Å². The zero-order valence-corrected chi connectivity index (χ0v) is 19.3. The monoisotopic (exact) mass is 487 g/mol. The van der Waals surface area contributed by atoms with E-state index in [4.69, 9.17) is 0 Å². The molecule has 1 aliphatic heterocycles. The van der Waals surface area contributed by atoms with Crippen molar-refractivity contribution in [1.82, 2.24) is 20.0 Å². The van der Waals surface area contributed by atoms with Gasteiger partial charge in [0.1, 0.15) is 0 Å². The third kappa shape index (κ3) is 5.22. The van der Waals surface area contributed by atoms with Gasteiger partial charge < -0.3 is 10.2 Å². The number of hydrogen-bond acceptors (Lipinski definition) is 3. The van der Waals surface area contributed by atoms with Gasteiger partial charge >= 0.3 is 0 Å². The second-order valence-electron chi connectivity index (χ2n) is 7.59. The van der Waals surface area contributed by atoms with Crippen molar-refractivity contribution in [3.63, 3.8) is 0 Å². The van der Waals surface area contributed by atoms with Crippen LogP contribution in [0.15, 0.2) is 34.9 Å². The van der Waals surface area contributed by atoms with Crippen molar-refractivity contribution < 1.29 is 0 Å². The van der Waals surface area contributed by atoms with Gasteiger partial charge in [0.2, 0.25) is 0 Å². The molecular weight excluding hydrogens is 457 g/mol. The first-order valence-electron chi connectivity index (χ1n) is 8.95. The molecule has 2 aromatic rings. The molecule has 3 rings (SSSR count). The van der Waals surface area contributed by atoms with Crippen molar-refractivity contribution in [2.24, 2.45) is 18.0 Å². The van der Waals surface area contributed by atoms with E-state index in [1.54, 1.807) is 0 Å². The van der Waals surface area contributed by atoms with Crippen LogP contribution < -0.4 is 5.32 Å². The van der Waals surface area contributed by atoms with E-state index in [1.165, 1.54) is 16.9 Å². The van der Waals surface area contributed by atoms with Crippen molar-refractivity contribution in [3.05, 3.63) is 40.3 Å². The average Bonchev–Trinajstić information content (AvgIpc) is 3.31. The minimum Gasteiger partial charge on any atom is -0.355 e. The fourth-order valence-electron chi connectivity index (χ4n) is 3.49. The molecule has 0 spiro atoms. The first-order chi connectivity index (χ1) is 12.0. The number of likely N-dealkylation sites (tertiary alicyclic amines) is 1. The quantitative estimate of drug-likeness (QED) is 0.399. The molecule has 1 aliphatic rings. The van der Waals surface area contributed by atoms with E-state index >= 15 is 0 Å². The third-order valence-corrected chi connectivity index (χ3v) is 6.19. The Labute approximate surface area is 177 Å². The summed E-state index contributed by atoms with van der Waals surface area (Å²) in [5, 5.41) is 10.0. The Morgan fingerprint density at radius 2 is 2.27 bits per heavy atom. The zero-order chi connectivity index (χ0) is 17.9. The van der Waals surface area contributed by atoms with Gasteiger partial charge in [0.25, 0.3) is 0 Å². The molecule has 3 heterocycles. The second-order valence-corrected chi connectivity index (χ2v) is 8.54. The van der Waals surface area contributed by atoms with Crippen molar-refractivity contribution in [2.45, 2.75) is 32.1 Å². The van der Waals surface area contributed by atoms with Crippen LogP contribution in [-0.4, -0.2) is 47.3 Å². The van der Waals surface area contributed by atoms with Crippen LogP contribution >= 0.6 is 35.3 Å². The summed E-state index contributed by atoms with van der Waals surface area (Å²) in [7, 11) is 3.86. The third-order valence-electron chi connectivity index (χ3n) is 4.96. The van der Waals surface area contributed by atoms with Crippen LogP contribution in [0.2, 0.25) is 0 Å². The number of thiophene rings is 1. The highest BCUT2D eigenvalue weighted by molar-refractivity contribution is 14.0. The summed E-state index contributed by atoms with van der Waals surface area (Å²) >= 11 is 1.82. The van der Waals surface area contributed by atoms with Crippen molar-refractivity contribution in [2.75, 3.05) is 26.7 Å². The lowest BCUT2D eigenvalue weighted by Gasteiger charge is -2.28. The molecule has 0 aromatic carbocycles. The molecule has 2 aromatic heterocycles. The molecule has 0 radical (unpaired) electrons. The van der Waals surface area contributed by atoms with E-state index in [0.717, 1.165) is 32.0 Å². The van der Waals surface area contributed by atoms with E-state index in [2.05, 4.69) is 57.9 Å². The number of halogens is 1. The molecular formula is C19H30IN5S.